The van der Waals surface area contributed by atoms with Crippen molar-refractivity contribution in [3.63, 3.8) is 0 Å². The molecule has 0 spiro atoms. The average molecular weight is 308 g/mol. The molecule has 1 aromatic carbocycles. The highest BCUT2D eigenvalue weighted by atomic mass is 32.2. The third-order valence-corrected chi connectivity index (χ3v) is 5.26. The molecule has 2 atom stereocenters. The minimum atomic E-state index is -3.36. The molecule has 2 unspecified atom stereocenters. The minimum absolute atomic E-state index is 0.207. The quantitative estimate of drug-likeness (QED) is 0.862. The van der Waals surface area contributed by atoms with Crippen LogP contribution in [0.15, 0.2) is 29.4 Å². The van der Waals surface area contributed by atoms with Gasteiger partial charge in [-0.3, -0.25) is 0 Å². The number of sulfonamides is 1. The second kappa shape index (κ2) is 5.33. The zero-order valence-corrected chi connectivity index (χ0v) is 13.1. The lowest BCUT2D eigenvalue weighted by Crippen LogP contribution is -2.30. The van der Waals surface area contributed by atoms with Crippen molar-refractivity contribution in [1.29, 1.82) is 0 Å². The van der Waals surface area contributed by atoms with E-state index in [0.717, 1.165) is 42.7 Å². The van der Waals surface area contributed by atoms with E-state index in [0.29, 0.717) is 0 Å². The predicted octanol–water partition coefficient (Wildman–Crippen LogP) is 2.56. The van der Waals surface area contributed by atoms with Crippen molar-refractivity contribution < 1.29 is 13.2 Å². The zero-order chi connectivity index (χ0) is 15.0. The molecule has 1 aromatic rings. The van der Waals surface area contributed by atoms with Gasteiger partial charge in [-0.15, -0.1) is 0 Å². The lowest BCUT2D eigenvalue weighted by Gasteiger charge is -2.28. The van der Waals surface area contributed by atoms with Gasteiger partial charge >= 0.3 is 0 Å². The van der Waals surface area contributed by atoms with Crippen molar-refractivity contribution in [2.24, 2.45) is 11.0 Å². The number of methoxy groups -OCH3 is 1. The molecule has 2 aliphatic rings. The van der Waals surface area contributed by atoms with E-state index in [4.69, 9.17) is 4.74 Å². The van der Waals surface area contributed by atoms with Crippen LogP contribution in [-0.2, 0) is 10.0 Å². The number of ether oxygens (including phenoxy) is 1. The first-order chi connectivity index (χ1) is 10.0. The van der Waals surface area contributed by atoms with Gasteiger partial charge in [0.15, 0.2) is 0 Å². The van der Waals surface area contributed by atoms with Crippen molar-refractivity contribution in [2.45, 2.75) is 31.7 Å². The molecule has 0 saturated heterocycles. The maximum absolute atomic E-state index is 12.1. The summed E-state index contributed by atoms with van der Waals surface area (Å²) in [6.07, 6.45) is 5.37. The van der Waals surface area contributed by atoms with Crippen molar-refractivity contribution in [2.75, 3.05) is 13.4 Å². The van der Waals surface area contributed by atoms with E-state index in [1.807, 2.05) is 24.3 Å². The van der Waals surface area contributed by atoms with Gasteiger partial charge in [-0.1, -0.05) is 18.6 Å². The molecule has 1 saturated carbocycles. The van der Waals surface area contributed by atoms with Crippen molar-refractivity contribution in [1.82, 2.24) is 4.41 Å². The Hall–Kier alpha value is -1.56. The molecule has 114 valence electrons. The largest absolute Gasteiger partial charge is 0.497 e. The van der Waals surface area contributed by atoms with Crippen LogP contribution in [0.3, 0.4) is 0 Å². The molecule has 1 aliphatic carbocycles. The van der Waals surface area contributed by atoms with Crippen molar-refractivity contribution in [3.05, 3.63) is 29.8 Å². The standard InChI is InChI=1S/C15H20N2O3S/c1-20-12-9-7-11(8-10-12)15-13-5-3-4-6-14(13)16-17(15)21(2,18)19/h7-10,13,15H,3-6H2,1-2H3. The van der Waals surface area contributed by atoms with E-state index in [1.165, 1.54) is 10.7 Å². The third kappa shape index (κ3) is 2.64. The van der Waals surface area contributed by atoms with Gasteiger partial charge in [-0.2, -0.15) is 9.52 Å². The summed E-state index contributed by atoms with van der Waals surface area (Å²) in [6.45, 7) is 0. The molecule has 21 heavy (non-hydrogen) atoms. The number of hydrogen-bond donors (Lipinski definition) is 0. The fourth-order valence-electron chi connectivity index (χ4n) is 3.27. The normalized spacial score (nSPS) is 25.4. The maximum Gasteiger partial charge on any atom is 0.247 e. The van der Waals surface area contributed by atoms with Gasteiger partial charge in [0, 0.05) is 11.6 Å². The summed E-state index contributed by atoms with van der Waals surface area (Å²) in [4.78, 5) is 0. The number of fused-ring (bicyclic) bond motifs is 1. The fraction of sp³-hybridized carbons (Fsp3) is 0.533. The smallest absolute Gasteiger partial charge is 0.247 e. The van der Waals surface area contributed by atoms with Crippen LogP contribution in [0.2, 0.25) is 0 Å². The van der Waals surface area contributed by atoms with Crippen LogP contribution in [0, 0.1) is 5.92 Å². The van der Waals surface area contributed by atoms with Crippen molar-refractivity contribution in [3.8, 4) is 5.75 Å². The van der Waals surface area contributed by atoms with Gasteiger partial charge in [-0.25, -0.2) is 8.42 Å². The van der Waals surface area contributed by atoms with Crippen LogP contribution in [-0.4, -0.2) is 31.9 Å². The molecule has 6 heteroatoms. The first-order valence-corrected chi connectivity index (χ1v) is 9.06. The highest BCUT2D eigenvalue weighted by Crippen LogP contribution is 2.43. The Bertz CT molecular complexity index is 652. The van der Waals surface area contributed by atoms with Gasteiger partial charge in [0.25, 0.3) is 0 Å². The second-order valence-corrected chi connectivity index (χ2v) is 7.54. The first kappa shape index (κ1) is 14.4. The molecule has 1 aliphatic heterocycles. The Kier molecular flexibility index (Phi) is 3.65. The lowest BCUT2D eigenvalue weighted by molar-refractivity contribution is 0.309. The van der Waals surface area contributed by atoms with Gasteiger partial charge in [0.1, 0.15) is 5.75 Å². The fourth-order valence-corrected chi connectivity index (χ4v) is 4.21. The van der Waals surface area contributed by atoms with Crippen LogP contribution in [0.5, 0.6) is 5.75 Å². The molecule has 0 radical (unpaired) electrons. The molecule has 1 fully saturated rings. The lowest BCUT2D eigenvalue weighted by atomic mass is 9.81. The summed E-state index contributed by atoms with van der Waals surface area (Å²) in [7, 11) is -1.74. The summed E-state index contributed by atoms with van der Waals surface area (Å²) in [5.74, 6) is 0.981. The summed E-state index contributed by atoms with van der Waals surface area (Å²) < 4.78 is 30.6. The zero-order valence-electron chi connectivity index (χ0n) is 12.3. The molecular formula is C15H20N2O3S. The molecule has 1 heterocycles. The van der Waals surface area contributed by atoms with Crippen LogP contribution >= 0.6 is 0 Å². The summed E-state index contributed by atoms with van der Waals surface area (Å²) in [5, 5.41) is 4.41. The second-order valence-electron chi connectivity index (χ2n) is 5.70. The van der Waals surface area contributed by atoms with E-state index in [1.54, 1.807) is 7.11 Å². The number of nitrogens with zero attached hydrogens (tertiary/aromatic N) is 2. The highest BCUT2D eigenvalue weighted by molar-refractivity contribution is 7.88. The number of rotatable bonds is 3. The van der Waals surface area contributed by atoms with Crippen LogP contribution in [0.25, 0.3) is 0 Å². The van der Waals surface area contributed by atoms with E-state index in [-0.39, 0.29) is 12.0 Å². The van der Waals surface area contributed by atoms with Gasteiger partial charge in [0.05, 0.1) is 19.4 Å². The number of hydrogen-bond acceptors (Lipinski definition) is 4. The molecule has 5 nitrogen and oxygen atoms in total. The van der Waals surface area contributed by atoms with E-state index in [2.05, 4.69) is 5.10 Å². The Balaban J connectivity index is 2.00. The van der Waals surface area contributed by atoms with Crippen molar-refractivity contribution >= 4 is 15.7 Å². The first-order valence-electron chi connectivity index (χ1n) is 7.21. The van der Waals surface area contributed by atoms with Gasteiger partial charge in [0.2, 0.25) is 10.0 Å². The van der Waals surface area contributed by atoms with Gasteiger partial charge < -0.3 is 4.74 Å². The number of hydrazone groups is 1. The molecule has 3 rings (SSSR count). The highest BCUT2D eigenvalue weighted by Gasteiger charge is 2.42. The minimum Gasteiger partial charge on any atom is -0.497 e. The Morgan fingerprint density at radius 2 is 1.95 bits per heavy atom. The predicted molar refractivity (Wildman–Crippen MR) is 81.8 cm³/mol. The molecule has 0 bridgehead atoms. The SMILES string of the molecule is COc1ccc(C2C3CCCCC3=NN2S(C)(=O)=O)cc1. The molecule has 0 amide bonds. The summed E-state index contributed by atoms with van der Waals surface area (Å²) in [5.41, 5.74) is 2.01. The molecular weight excluding hydrogens is 288 g/mol. The van der Waals surface area contributed by atoms with E-state index in [9.17, 15) is 8.42 Å². The average Bonchev–Trinajstić information content (AvgIpc) is 2.87. The van der Waals surface area contributed by atoms with Crippen LogP contribution < -0.4 is 4.74 Å². The summed E-state index contributed by atoms with van der Waals surface area (Å²) >= 11 is 0. The Labute approximate surface area is 125 Å². The molecule has 0 aromatic heterocycles. The third-order valence-electron chi connectivity index (χ3n) is 4.27. The molecule has 0 N–H and O–H groups in total. The maximum atomic E-state index is 12.1. The van der Waals surface area contributed by atoms with E-state index >= 15 is 0 Å². The van der Waals surface area contributed by atoms with E-state index < -0.39 is 10.0 Å². The van der Waals surface area contributed by atoms with Crippen LogP contribution in [0.1, 0.15) is 37.3 Å². The topological polar surface area (TPSA) is 59.0 Å². The van der Waals surface area contributed by atoms with Gasteiger partial charge in [-0.05, 0) is 37.0 Å². The summed E-state index contributed by atoms with van der Waals surface area (Å²) in [6, 6.07) is 7.41. The monoisotopic (exact) mass is 308 g/mol. The number of benzene rings is 1. The Morgan fingerprint density at radius 3 is 2.57 bits per heavy atom. The Morgan fingerprint density at radius 1 is 1.24 bits per heavy atom. The van der Waals surface area contributed by atoms with Crippen LogP contribution in [0.4, 0.5) is 0 Å².